The summed E-state index contributed by atoms with van der Waals surface area (Å²) in [6, 6.07) is 13.8. The summed E-state index contributed by atoms with van der Waals surface area (Å²) in [5, 5.41) is 7.08. The van der Waals surface area contributed by atoms with Gasteiger partial charge < -0.3 is 20.4 Å². The number of para-hydroxylation sites is 1. The Morgan fingerprint density at radius 2 is 1.76 bits per heavy atom. The van der Waals surface area contributed by atoms with E-state index in [1.54, 1.807) is 13.1 Å². The van der Waals surface area contributed by atoms with E-state index in [1.807, 2.05) is 48.7 Å². The highest BCUT2D eigenvalue weighted by atomic mass is 16.6. The normalized spacial score (nSPS) is 27.5. The van der Waals surface area contributed by atoms with Gasteiger partial charge in [0.2, 0.25) is 5.91 Å². The lowest BCUT2D eigenvalue weighted by molar-refractivity contribution is -0.127. The minimum Gasteiger partial charge on any atom is -0.446 e. The maximum atomic E-state index is 13.6. The maximum absolute atomic E-state index is 13.6. The van der Waals surface area contributed by atoms with Gasteiger partial charge in [-0.1, -0.05) is 24.3 Å². The molecule has 7 rings (SSSR count). The third-order valence-corrected chi connectivity index (χ3v) is 8.87. The van der Waals surface area contributed by atoms with Gasteiger partial charge in [-0.3, -0.25) is 9.78 Å². The van der Waals surface area contributed by atoms with Crippen LogP contribution in [0.2, 0.25) is 0 Å². The zero-order valence-electron chi connectivity index (χ0n) is 21.4. The molecule has 7 heteroatoms. The zero-order valence-corrected chi connectivity index (χ0v) is 21.4. The second-order valence-corrected chi connectivity index (χ2v) is 11.6. The molecule has 0 aliphatic heterocycles. The fourth-order valence-electron chi connectivity index (χ4n) is 7.33. The topological polar surface area (TPSA) is 96.1 Å². The van der Waals surface area contributed by atoms with Gasteiger partial charge in [-0.05, 0) is 86.5 Å². The maximum Gasteiger partial charge on any atom is 0.408 e. The molecule has 3 aromatic rings. The number of aromatic amines is 1. The van der Waals surface area contributed by atoms with Gasteiger partial charge in [-0.15, -0.1) is 0 Å². The molecule has 0 unspecified atom stereocenters. The van der Waals surface area contributed by atoms with Gasteiger partial charge >= 0.3 is 6.09 Å². The molecule has 0 radical (unpaired) electrons. The van der Waals surface area contributed by atoms with Gasteiger partial charge in [0.15, 0.2) is 0 Å². The number of carbonyl (C=O) groups is 2. The minimum absolute atomic E-state index is 0.0302. The number of H-pyrrole nitrogens is 1. The Kier molecular flexibility index (Phi) is 6.39. The van der Waals surface area contributed by atoms with Crippen molar-refractivity contribution >= 4 is 22.9 Å². The lowest BCUT2D eigenvalue weighted by Gasteiger charge is -2.53. The van der Waals surface area contributed by atoms with Crippen molar-refractivity contribution in [1.82, 2.24) is 20.6 Å². The van der Waals surface area contributed by atoms with Crippen LogP contribution < -0.4 is 10.6 Å². The summed E-state index contributed by atoms with van der Waals surface area (Å²) in [7, 11) is 0. The SMILES string of the molecule is C[C@](Cc1c[nH]c2ccccc12)(NC(=O)OC1C2CC3CC(C2)CC1C3)C(=O)NCCc1ccccn1. The molecule has 4 bridgehead atoms. The van der Waals surface area contributed by atoms with Crippen LogP contribution in [0.25, 0.3) is 10.9 Å². The molecule has 2 heterocycles. The molecule has 0 spiro atoms. The lowest BCUT2D eigenvalue weighted by Crippen LogP contribution is -2.60. The van der Waals surface area contributed by atoms with Crippen LogP contribution in [0.1, 0.15) is 50.3 Å². The van der Waals surface area contributed by atoms with E-state index in [1.165, 1.54) is 32.1 Å². The second-order valence-electron chi connectivity index (χ2n) is 11.6. The van der Waals surface area contributed by atoms with Crippen LogP contribution >= 0.6 is 0 Å². The molecule has 3 N–H and O–H groups in total. The van der Waals surface area contributed by atoms with Crippen molar-refractivity contribution in [2.24, 2.45) is 23.7 Å². The molecular weight excluding hydrogens is 464 g/mol. The van der Waals surface area contributed by atoms with Gasteiger partial charge in [0, 0.05) is 48.4 Å². The van der Waals surface area contributed by atoms with Crippen molar-refractivity contribution in [3.63, 3.8) is 0 Å². The third-order valence-electron chi connectivity index (χ3n) is 8.87. The molecule has 4 saturated carbocycles. The van der Waals surface area contributed by atoms with E-state index in [-0.39, 0.29) is 12.0 Å². The van der Waals surface area contributed by atoms with Crippen molar-refractivity contribution in [2.45, 2.75) is 63.5 Å². The second kappa shape index (κ2) is 9.84. The Morgan fingerprint density at radius 3 is 2.49 bits per heavy atom. The van der Waals surface area contributed by atoms with E-state index >= 15 is 0 Å². The first-order valence-electron chi connectivity index (χ1n) is 13.7. The van der Waals surface area contributed by atoms with E-state index in [9.17, 15) is 9.59 Å². The number of rotatable bonds is 8. The van der Waals surface area contributed by atoms with Crippen LogP contribution in [0.15, 0.2) is 54.9 Å². The zero-order chi connectivity index (χ0) is 25.4. The van der Waals surface area contributed by atoms with Gasteiger partial charge in [0.05, 0.1) is 0 Å². The van der Waals surface area contributed by atoms with Crippen LogP contribution in [0.5, 0.6) is 0 Å². The number of hydrogen-bond donors (Lipinski definition) is 3. The Hall–Kier alpha value is -3.35. The number of amides is 2. The highest BCUT2D eigenvalue weighted by Crippen LogP contribution is 2.54. The van der Waals surface area contributed by atoms with Crippen LogP contribution in [-0.4, -0.2) is 40.2 Å². The summed E-state index contributed by atoms with van der Waals surface area (Å²) in [6.45, 7) is 2.23. The monoisotopic (exact) mass is 500 g/mol. The van der Waals surface area contributed by atoms with Gasteiger partial charge in [-0.2, -0.15) is 0 Å². The van der Waals surface area contributed by atoms with Crippen molar-refractivity contribution < 1.29 is 14.3 Å². The van der Waals surface area contributed by atoms with Crippen LogP contribution in [-0.2, 0) is 22.4 Å². The van der Waals surface area contributed by atoms with Gasteiger partial charge in [-0.25, -0.2) is 4.79 Å². The number of alkyl carbamates (subject to hydrolysis) is 1. The molecule has 4 aliphatic carbocycles. The largest absolute Gasteiger partial charge is 0.446 e. The fraction of sp³-hybridized carbons (Fsp3) is 0.500. The third kappa shape index (κ3) is 4.96. The van der Waals surface area contributed by atoms with Crippen molar-refractivity contribution in [3.8, 4) is 0 Å². The number of hydrogen-bond acceptors (Lipinski definition) is 4. The molecule has 4 fully saturated rings. The van der Waals surface area contributed by atoms with E-state index in [0.29, 0.717) is 31.2 Å². The van der Waals surface area contributed by atoms with Gasteiger partial charge in [0.1, 0.15) is 11.6 Å². The van der Waals surface area contributed by atoms with E-state index in [0.717, 1.165) is 34.0 Å². The smallest absolute Gasteiger partial charge is 0.408 e. The number of benzene rings is 1. The van der Waals surface area contributed by atoms with Gasteiger partial charge in [0.25, 0.3) is 0 Å². The first-order valence-corrected chi connectivity index (χ1v) is 13.7. The number of nitrogens with zero attached hydrogens (tertiary/aromatic N) is 1. The standard InChI is InChI=1S/C30H36N4O3/c1-30(17-23-18-33-26-8-3-2-7-25(23)26,28(35)32-11-9-24-6-4-5-10-31-24)34-29(36)37-27-21-13-19-12-20(15-21)16-22(27)14-19/h2-8,10,18-22,27,33H,9,11-17H2,1H3,(H,32,35)(H,34,36)/t19?,20?,21?,22?,27?,30-/m1/s1. The predicted molar refractivity (Wildman–Crippen MR) is 142 cm³/mol. The highest BCUT2D eigenvalue weighted by Gasteiger charge is 2.50. The minimum atomic E-state index is -1.17. The summed E-state index contributed by atoms with van der Waals surface area (Å²) < 4.78 is 6.11. The number of fused-ring (bicyclic) bond motifs is 1. The molecule has 0 saturated heterocycles. The molecule has 2 amide bonds. The Morgan fingerprint density at radius 1 is 1.03 bits per heavy atom. The Bertz CT molecular complexity index is 1240. The molecule has 7 nitrogen and oxygen atoms in total. The summed E-state index contributed by atoms with van der Waals surface area (Å²) in [4.78, 5) is 34.5. The first-order chi connectivity index (χ1) is 18.0. The number of nitrogens with one attached hydrogen (secondary N) is 3. The van der Waals surface area contributed by atoms with Crippen LogP contribution in [0.4, 0.5) is 4.79 Å². The summed E-state index contributed by atoms with van der Waals surface area (Å²) in [5.41, 5.74) is 1.73. The fourth-order valence-corrected chi connectivity index (χ4v) is 7.33. The average molecular weight is 501 g/mol. The lowest BCUT2D eigenvalue weighted by atomic mass is 9.55. The van der Waals surface area contributed by atoms with Crippen LogP contribution in [0.3, 0.4) is 0 Å². The first kappa shape index (κ1) is 24.0. The molecule has 194 valence electrons. The molecule has 1 aromatic carbocycles. The summed E-state index contributed by atoms with van der Waals surface area (Å²) in [6.07, 6.45) is 10.2. The summed E-state index contributed by atoms with van der Waals surface area (Å²) >= 11 is 0. The number of carbonyl (C=O) groups excluding carboxylic acids is 2. The van der Waals surface area contributed by atoms with E-state index < -0.39 is 11.6 Å². The Balaban J connectivity index is 1.17. The van der Waals surface area contributed by atoms with E-state index in [4.69, 9.17) is 4.74 Å². The van der Waals surface area contributed by atoms with Crippen molar-refractivity contribution in [1.29, 1.82) is 0 Å². The molecule has 37 heavy (non-hydrogen) atoms. The molecule has 2 aromatic heterocycles. The van der Waals surface area contributed by atoms with Crippen molar-refractivity contribution in [2.75, 3.05) is 6.54 Å². The molecule has 1 atom stereocenters. The van der Waals surface area contributed by atoms with Crippen LogP contribution in [0, 0.1) is 23.7 Å². The van der Waals surface area contributed by atoms with E-state index in [2.05, 4.69) is 20.6 Å². The highest BCUT2D eigenvalue weighted by molar-refractivity contribution is 5.91. The number of pyridine rings is 1. The summed E-state index contributed by atoms with van der Waals surface area (Å²) in [5.74, 6) is 2.32. The quantitative estimate of drug-likeness (QED) is 0.415. The number of aromatic nitrogens is 2. The predicted octanol–water partition coefficient (Wildman–Crippen LogP) is 4.77. The number of ether oxygens (including phenoxy) is 1. The average Bonchev–Trinajstić information content (AvgIpc) is 3.29. The molecular formula is C30H36N4O3. The molecule has 4 aliphatic rings. The Labute approximate surface area is 217 Å². The van der Waals surface area contributed by atoms with Crippen molar-refractivity contribution in [3.05, 3.63) is 66.1 Å².